The van der Waals surface area contributed by atoms with Gasteiger partial charge in [-0.1, -0.05) is 13.3 Å². The van der Waals surface area contributed by atoms with Gasteiger partial charge in [-0.05, 0) is 38.5 Å². The molecule has 0 radical (unpaired) electrons. The standard InChI is InChI=1S/C13H24N2O4S/c1-10-6-5-9-15(12(10)13(16)17)20(18,19)14-8-4-3-7-11(14)2/h10-12H,3-9H2,1-2H3,(H,16,17). The summed E-state index contributed by atoms with van der Waals surface area (Å²) in [5, 5.41) is 9.38. The van der Waals surface area contributed by atoms with Crippen molar-refractivity contribution in [1.29, 1.82) is 0 Å². The number of carboxylic acid groups (broad SMARTS) is 1. The van der Waals surface area contributed by atoms with E-state index in [1.807, 2.05) is 13.8 Å². The molecule has 0 aromatic carbocycles. The van der Waals surface area contributed by atoms with E-state index in [-0.39, 0.29) is 12.0 Å². The van der Waals surface area contributed by atoms with Gasteiger partial charge in [0.2, 0.25) is 0 Å². The van der Waals surface area contributed by atoms with Crippen LogP contribution < -0.4 is 0 Å². The van der Waals surface area contributed by atoms with Crippen LogP contribution in [0.25, 0.3) is 0 Å². The van der Waals surface area contributed by atoms with E-state index in [9.17, 15) is 18.3 Å². The van der Waals surface area contributed by atoms with Crippen LogP contribution in [0.1, 0.15) is 46.0 Å². The lowest BCUT2D eigenvalue weighted by molar-refractivity contribution is -0.144. The van der Waals surface area contributed by atoms with Gasteiger partial charge in [0.25, 0.3) is 10.2 Å². The number of carbonyl (C=O) groups is 1. The molecule has 20 heavy (non-hydrogen) atoms. The third-order valence-corrected chi connectivity index (χ3v) is 6.61. The van der Waals surface area contributed by atoms with Gasteiger partial charge in [0, 0.05) is 19.1 Å². The van der Waals surface area contributed by atoms with Gasteiger partial charge < -0.3 is 5.11 Å². The maximum atomic E-state index is 12.8. The molecule has 7 heteroatoms. The topological polar surface area (TPSA) is 77.9 Å². The van der Waals surface area contributed by atoms with Crippen molar-refractivity contribution in [2.24, 2.45) is 5.92 Å². The predicted molar refractivity (Wildman–Crippen MR) is 75.5 cm³/mol. The molecule has 0 aliphatic carbocycles. The Labute approximate surface area is 120 Å². The summed E-state index contributed by atoms with van der Waals surface area (Å²) in [4.78, 5) is 11.5. The maximum absolute atomic E-state index is 12.8. The van der Waals surface area contributed by atoms with Gasteiger partial charge in [-0.15, -0.1) is 0 Å². The molecule has 2 heterocycles. The van der Waals surface area contributed by atoms with Gasteiger partial charge in [0.05, 0.1) is 0 Å². The van der Waals surface area contributed by atoms with Crippen LogP contribution in [-0.2, 0) is 15.0 Å². The summed E-state index contributed by atoms with van der Waals surface area (Å²) in [7, 11) is -3.68. The monoisotopic (exact) mass is 304 g/mol. The summed E-state index contributed by atoms with van der Waals surface area (Å²) in [6.07, 6.45) is 4.22. The first-order chi connectivity index (χ1) is 9.35. The van der Waals surface area contributed by atoms with E-state index in [0.717, 1.165) is 32.1 Å². The number of hydrogen-bond acceptors (Lipinski definition) is 3. The molecule has 0 amide bonds. The van der Waals surface area contributed by atoms with Crippen LogP contribution in [0, 0.1) is 5.92 Å². The minimum Gasteiger partial charge on any atom is -0.480 e. The van der Waals surface area contributed by atoms with E-state index >= 15 is 0 Å². The molecule has 0 saturated carbocycles. The summed E-state index contributed by atoms with van der Waals surface area (Å²) in [6.45, 7) is 4.54. The normalized spacial score (nSPS) is 34.0. The molecule has 3 atom stereocenters. The summed E-state index contributed by atoms with van der Waals surface area (Å²) < 4.78 is 28.3. The number of piperidine rings is 2. The van der Waals surface area contributed by atoms with Gasteiger partial charge in [-0.3, -0.25) is 4.79 Å². The van der Waals surface area contributed by atoms with Crippen molar-refractivity contribution in [2.45, 2.75) is 58.0 Å². The van der Waals surface area contributed by atoms with Crippen LogP contribution in [0.2, 0.25) is 0 Å². The van der Waals surface area contributed by atoms with E-state index in [4.69, 9.17) is 0 Å². The van der Waals surface area contributed by atoms with Gasteiger partial charge in [0.1, 0.15) is 6.04 Å². The molecule has 116 valence electrons. The van der Waals surface area contributed by atoms with Crippen molar-refractivity contribution in [1.82, 2.24) is 8.61 Å². The van der Waals surface area contributed by atoms with Crippen LogP contribution in [0.5, 0.6) is 0 Å². The predicted octanol–water partition coefficient (Wildman–Crippen LogP) is 1.29. The Morgan fingerprint density at radius 3 is 2.30 bits per heavy atom. The highest BCUT2D eigenvalue weighted by atomic mass is 32.2. The first-order valence-electron chi connectivity index (χ1n) is 7.37. The molecular formula is C13H24N2O4S. The molecule has 2 fully saturated rings. The quantitative estimate of drug-likeness (QED) is 0.852. The SMILES string of the molecule is CC1CCCN(S(=O)(=O)N2CCCCC2C)C1C(=O)O. The van der Waals surface area contributed by atoms with Crippen molar-refractivity contribution in [3.05, 3.63) is 0 Å². The largest absolute Gasteiger partial charge is 0.480 e. The van der Waals surface area contributed by atoms with Gasteiger partial charge in [-0.2, -0.15) is 17.0 Å². The third-order valence-electron chi connectivity index (χ3n) is 4.47. The molecule has 3 unspecified atom stereocenters. The number of aliphatic carboxylic acids is 1. The van der Waals surface area contributed by atoms with Gasteiger partial charge >= 0.3 is 5.97 Å². The minimum atomic E-state index is -3.68. The average Bonchev–Trinajstić information content (AvgIpc) is 2.38. The highest BCUT2D eigenvalue weighted by Crippen LogP contribution is 2.30. The first-order valence-corrected chi connectivity index (χ1v) is 8.77. The van der Waals surface area contributed by atoms with Crippen molar-refractivity contribution in [3.8, 4) is 0 Å². The summed E-state index contributed by atoms with van der Waals surface area (Å²) in [5.41, 5.74) is 0. The molecule has 0 aromatic rings. The summed E-state index contributed by atoms with van der Waals surface area (Å²) in [5.74, 6) is -1.18. The molecule has 0 aromatic heterocycles. The fourth-order valence-corrected chi connectivity index (χ4v) is 5.46. The lowest BCUT2D eigenvalue weighted by atomic mass is 9.93. The number of hydrogen-bond donors (Lipinski definition) is 1. The summed E-state index contributed by atoms with van der Waals surface area (Å²) in [6, 6.07) is -0.969. The molecule has 2 rings (SSSR count). The lowest BCUT2D eigenvalue weighted by Crippen LogP contribution is -2.58. The Morgan fingerprint density at radius 1 is 1.05 bits per heavy atom. The Morgan fingerprint density at radius 2 is 1.70 bits per heavy atom. The molecular weight excluding hydrogens is 280 g/mol. The zero-order valence-electron chi connectivity index (χ0n) is 12.2. The number of carboxylic acids is 1. The fourth-order valence-electron chi connectivity index (χ4n) is 3.32. The van der Waals surface area contributed by atoms with Crippen molar-refractivity contribution < 1.29 is 18.3 Å². The smallest absolute Gasteiger partial charge is 0.322 e. The first kappa shape index (κ1) is 15.7. The van der Waals surface area contributed by atoms with Crippen LogP contribution in [-0.4, -0.2) is 53.3 Å². The Balaban J connectivity index is 2.28. The van der Waals surface area contributed by atoms with Gasteiger partial charge in [-0.25, -0.2) is 0 Å². The Bertz CT molecular complexity index is 465. The third kappa shape index (κ3) is 2.84. The van der Waals surface area contributed by atoms with Crippen LogP contribution >= 0.6 is 0 Å². The fraction of sp³-hybridized carbons (Fsp3) is 0.923. The van der Waals surface area contributed by atoms with Crippen molar-refractivity contribution in [2.75, 3.05) is 13.1 Å². The highest BCUT2D eigenvalue weighted by molar-refractivity contribution is 7.86. The molecule has 2 aliphatic heterocycles. The molecule has 0 spiro atoms. The zero-order valence-corrected chi connectivity index (χ0v) is 13.0. The summed E-state index contributed by atoms with van der Waals surface area (Å²) >= 11 is 0. The van der Waals surface area contributed by atoms with Crippen LogP contribution in [0.4, 0.5) is 0 Å². The molecule has 2 aliphatic rings. The average molecular weight is 304 g/mol. The van der Waals surface area contributed by atoms with Crippen LogP contribution in [0.3, 0.4) is 0 Å². The maximum Gasteiger partial charge on any atom is 0.322 e. The molecule has 6 nitrogen and oxygen atoms in total. The second-order valence-electron chi connectivity index (χ2n) is 5.98. The Kier molecular flexibility index (Phi) is 4.71. The zero-order chi connectivity index (χ0) is 14.9. The van der Waals surface area contributed by atoms with E-state index in [2.05, 4.69) is 0 Å². The van der Waals surface area contributed by atoms with E-state index in [1.165, 1.54) is 8.61 Å². The molecule has 2 saturated heterocycles. The van der Waals surface area contributed by atoms with E-state index in [0.29, 0.717) is 13.1 Å². The second kappa shape index (κ2) is 5.99. The van der Waals surface area contributed by atoms with Crippen molar-refractivity contribution >= 4 is 16.2 Å². The molecule has 1 N–H and O–H groups in total. The number of nitrogens with zero attached hydrogens (tertiary/aromatic N) is 2. The number of rotatable bonds is 3. The lowest BCUT2D eigenvalue weighted by Gasteiger charge is -2.41. The Hall–Kier alpha value is -0.660. The van der Waals surface area contributed by atoms with E-state index in [1.54, 1.807) is 0 Å². The second-order valence-corrected chi connectivity index (χ2v) is 7.81. The van der Waals surface area contributed by atoms with Crippen molar-refractivity contribution in [3.63, 3.8) is 0 Å². The van der Waals surface area contributed by atoms with E-state index < -0.39 is 22.2 Å². The highest BCUT2D eigenvalue weighted by Gasteiger charge is 2.44. The van der Waals surface area contributed by atoms with Crippen LogP contribution in [0.15, 0.2) is 0 Å². The van der Waals surface area contributed by atoms with Gasteiger partial charge in [0.15, 0.2) is 0 Å². The molecule has 0 bridgehead atoms. The minimum absolute atomic E-state index is 0.0413.